The number of benzene rings is 1. The van der Waals surface area contributed by atoms with Crippen LogP contribution in [0.4, 0.5) is 4.79 Å². The van der Waals surface area contributed by atoms with Crippen molar-refractivity contribution in [2.75, 3.05) is 67.3 Å². The maximum Gasteiger partial charge on any atom is 0.410 e. The van der Waals surface area contributed by atoms with Gasteiger partial charge in [0, 0.05) is 71.0 Å². The van der Waals surface area contributed by atoms with Crippen molar-refractivity contribution in [3.8, 4) is 11.5 Å². The third kappa shape index (κ3) is 8.97. The summed E-state index contributed by atoms with van der Waals surface area (Å²) in [5.74, 6) is 1.18. The minimum Gasteiger partial charge on any atom is -0.493 e. The van der Waals surface area contributed by atoms with E-state index in [1.165, 1.54) is 0 Å². The number of hydrogen-bond donors (Lipinski definition) is 2. The Labute approximate surface area is 250 Å². The van der Waals surface area contributed by atoms with E-state index in [9.17, 15) is 14.4 Å². The van der Waals surface area contributed by atoms with Crippen LogP contribution in [0.1, 0.15) is 57.3 Å². The quantitative estimate of drug-likeness (QED) is 0.282. The zero-order valence-corrected chi connectivity index (χ0v) is 26.4. The van der Waals surface area contributed by atoms with Gasteiger partial charge in [-0.15, -0.1) is 0 Å². The standard InChI is InChI=1S/C31H50N4O7/c1-21(2)34(28(36)22-9-12-26(40-7)27(15-22)41-14-8-13-39-6)18-23-16-33-17-24(23)19-35(25-10-11-25)30(38)42-20-31(3,4)29(37)32-5/h9,12,15,21,23-25,33H,8,10-11,13-14,16-20H2,1-7H3,(H,32,37)/t23-,24+/m1/s1. The predicted octanol–water partition coefficient (Wildman–Crippen LogP) is 3.17. The number of nitrogens with zero attached hydrogens (tertiary/aromatic N) is 2. The van der Waals surface area contributed by atoms with E-state index in [1.54, 1.807) is 53.3 Å². The molecular formula is C31H50N4O7. The highest BCUT2D eigenvalue weighted by atomic mass is 16.6. The van der Waals surface area contributed by atoms with E-state index in [0.717, 1.165) is 32.4 Å². The number of rotatable bonds is 16. The van der Waals surface area contributed by atoms with Crippen LogP contribution in [0.3, 0.4) is 0 Å². The predicted molar refractivity (Wildman–Crippen MR) is 160 cm³/mol. The van der Waals surface area contributed by atoms with Gasteiger partial charge in [-0.2, -0.15) is 0 Å². The van der Waals surface area contributed by atoms with Crippen LogP contribution in [0.15, 0.2) is 18.2 Å². The maximum atomic E-state index is 13.8. The van der Waals surface area contributed by atoms with Gasteiger partial charge >= 0.3 is 6.09 Å². The fourth-order valence-corrected chi connectivity index (χ4v) is 5.21. The molecular weight excluding hydrogens is 540 g/mol. The normalized spacial score (nSPS) is 18.5. The summed E-state index contributed by atoms with van der Waals surface area (Å²) in [7, 11) is 4.80. The number of hydrogen-bond acceptors (Lipinski definition) is 8. The fraction of sp³-hybridized carbons (Fsp3) is 0.710. The maximum absolute atomic E-state index is 13.8. The summed E-state index contributed by atoms with van der Waals surface area (Å²) in [6.45, 7) is 11.2. The highest BCUT2D eigenvalue weighted by Gasteiger charge is 2.40. The van der Waals surface area contributed by atoms with Gasteiger partial charge in [-0.3, -0.25) is 9.59 Å². The molecule has 2 fully saturated rings. The van der Waals surface area contributed by atoms with Crippen molar-refractivity contribution in [2.45, 2.75) is 59.0 Å². The van der Waals surface area contributed by atoms with E-state index in [-0.39, 0.29) is 48.4 Å². The van der Waals surface area contributed by atoms with Crippen molar-refractivity contribution in [3.05, 3.63) is 23.8 Å². The van der Waals surface area contributed by atoms with Crippen LogP contribution >= 0.6 is 0 Å². The lowest BCUT2D eigenvalue weighted by molar-refractivity contribution is -0.130. The SMILES string of the molecule is CNC(=O)C(C)(C)COC(=O)N(C[C@@H]1CNC[C@@H]1CN(C(=O)c1ccc(OC)c(OCCCOC)c1)C(C)C)C1CC1. The van der Waals surface area contributed by atoms with Gasteiger partial charge in [-0.05, 0) is 70.6 Å². The van der Waals surface area contributed by atoms with Crippen molar-refractivity contribution in [3.63, 3.8) is 0 Å². The summed E-state index contributed by atoms with van der Waals surface area (Å²) < 4.78 is 22.1. The molecule has 0 bridgehead atoms. The Morgan fingerprint density at radius 2 is 1.74 bits per heavy atom. The highest BCUT2D eigenvalue weighted by Crippen LogP contribution is 2.32. The van der Waals surface area contributed by atoms with Gasteiger partial charge in [-0.25, -0.2) is 4.79 Å². The van der Waals surface area contributed by atoms with Crippen LogP contribution in [-0.4, -0.2) is 107 Å². The van der Waals surface area contributed by atoms with Crippen molar-refractivity contribution in [2.24, 2.45) is 17.3 Å². The Kier molecular flexibility index (Phi) is 12.3. The van der Waals surface area contributed by atoms with Crippen molar-refractivity contribution >= 4 is 17.9 Å². The minimum absolute atomic E-state index is 0.0106. The summed E-state index contributed by atoms with van der Waals surface area (Å²) in [6, 6.07) is 5.42. The molecule has 0 aromatic heterocycles. The molecule has 42 heavy (non-hydrogen) atoms. The van der Waals surface area contributed by atoms with Crippen LogP contribution in [0.2, 0.25) is 0 Å². The number of carbonyl (C=O) groups excluding carboxylic acids is 3. The molecule has 1 aliphatic heterocycles. The van der Waals surface area contributed by atoms with Gasteiger partial charge in [-0.1, -0.05) is 0 Å². The molecule has 0 unspecified atom stereocenters. The van der Waals surface area contributed by atoms with Crippen LogP contribution < -0.4 is 20.1 Å². The van der Waals surface area contributed by atoms with Gasteiger partial charge in [0.25, 0.3) is 5.91 Å². The fourth-order valence-electron chi connectivity index (χ4n) is 5.21. The van der Waals surface area contributed by atoms with Crippen LogP contribution in [0, 0.1) is 17.3 Å². The topological polar surface area (TPSA) is 119 Å². The summed E-state index contributed by atoms with van der Waals surface area (Å²) >= 11 is 0. The summed E-state index contributed by atoms with van der Waals surface area (Å²) in [5.41, 5.74) is -0.276. The largest absolute Gasteiger partial charge is 0.493 e. The second-order valence-corrected chi connectivity index (χ2v) is 12.2. The molecule has 1 saturated heterocycles. The number of nitrogens with one attached hydrogen (secondary N) is 2. The summed E-state index contributed by atoms with van der Waals surface area (Å²) in [5, 5.41) is 6.10. The first-order valence-electron chi connectivity index (χ1n) is 15.0. The van der Waals surface area contributed by atoms with Crippen LogP contribution in [0.25, 0.3) is 0 Å². The van der Waals surface area contributed by atoms with Gasteiger partial charge in [0.05, 0.1) is 19.1 Å². The molecule has 2 N–H and O–H groups in total. The summed E-state index contributed by atoms with van der Waals surface area (Å²) in [6.07, 6.45) is 2.24. The lowest BCUT2D eigenvalue weighted by Crippen LogP contribution is -2.46. The smallest absolute Gasteiger partial charge is 0.410 e. The summed E-state index contributed by atoms with van der Waals surface area (Å²) in [4.78, 5) is 42.8. The third-order valence-corrected chi connectivity index (χ3v) is 8.01. The zero-order chi connectivity index (χ0) is 30.9. The lowest BCUT2D eigenvalue weighted by Gasteiger charge is -2.33. The van der Waals surface area contributed by atoms with E-state index in [0.29, 0.717) is 43.4 Å². The van der Waals surface area contributed by atoms with E-state index >= 15 is 0 Å². The van der Waals surface area contributed by atoms with Gasteiger partial charge < -0.3 is 39.4 Å². The molecule has 1 aromatic rings. The molecule has 1 saturated carbocycles. The van der Waals surface area contributed by atoms with E-state index in [1.807, 2.05) is 23.6 Å². The van der Waals surface area contributed by atoms with E-state index < -0.39 is 5.41 Å². The van der Waals surface area contributed by atoms with Gasteiger partial charge in [0.2, 0.25) is 5.91 Å². The molecule has 236 valence electrons. The molecule has 1 aromatic carbocycles. The number of methoxy groups -OCH3 is 2. The van der Waals surface area contributed by atoms with Crippen molar-refractivity contribution in [1.29, 1.82) is 0 Å². The van der Waals surface area contributed by atoms with Crippen LogP contribution in [-0.2, 0) is 14.3 Å². The lowest BCUT2D eigenvalue weighted by atomic mass is 9.93. The van der Waals surface area contributed by atoms with E-state index in [4.69, 9.17) is 18.9 Å². The first-order chi connectivity index (χ1) is 20.0. The monoisotopic (exact) mass is 590 g/mol. The molecule has 2 atom stereocenters. The Morgan fingerprint density at radius 1 is 1.05 bits per heavy atom. The van der Waals surface area contributed by atoms with Gasteiger partial charge in [0.1, 0.15) is 6.61 Å². The average Bonchev–Trinajstić information content (AvgIpc) is 3.72. The zero-order valence-electron chi connectivity index (χ0n) is 26.4. The highest BCUT2D eigenvalue weighted by molar-refractivity contribution is 5.95. The molecule has 11 heteroatoms. The molecule has 1 heterocycles. The number of amides is 3. The Balaban J connectivity index is 1.68. The Hall–Kier alpha value is -3.05. The van der Waals surface area contributed by atoms with E-state index in [2.05, 4.69) is 10.6 Å². The molecule has 0 spiro atoms. The molecule has 11 nitrogen and oxygen atoms in total. The molecule has 2 aliphatic rings. The Bertz CT molecular complexity index is 1060. The average molecular weight is 591 g/mol. The van der Waals surface area contributed by atoms with Crippen LogP contribution in [0.5, 0.6) is 11.5 Å². The number of ether oxygens (including phenoxy) is 4. The first-order valence-corrected chi connectivity index (χ1v) is 15.0. The molecule has 0 radical (unpaired) electrons. The molecule has 3 amide bonds. The van der Waals surface area contributed by atoms with Gasteiger partial charge in [0.15, 0.2) is 11.5 Å². The Morgan fingerprint density at radius 3 is 2.33 bits per heavy atom. The molecule has 3 rings (SSSR count). The van der Waals surface area contributed by atoms with Crippen molar-refractivity contribution < 1.29 is 33.3 Å². The van der Waals surface area contributed by atoms with Crippen molar-refractivity contribution in [1.82, 2.24) is 20.4 Å². The second kappa shape index (κ2) is 15.4. The molecule has 1 aliphatic carbocycles. The number of carbonyl (C=O) groups is 3. The third-order valence-electron chi connectivity index (χ3n) is 8.01. The minimum atomic E-state index is -0.814. The second-order valence-electron chi connectivity index (χ2n) is 12.2. The first kappa shape index (κ1) is 33.5.